The summed E-state index contributed by atoms with van der Waals surface area (Å²) in [5.41, 5.74) is 5.80. The molecule has 0 aliphatic carbocycles. The van der Waals surface area contributed by atoms with Gasteiger partial charge in [0, 0.05) is 30.8 Å². The van der Waals surface area contributed by atoms with Gasteiger partial charge in [-0.2, -0.15) is 0 Å². The van der Waals surface area contributed by atoms with Crippen LogP contribution in [0.5, 0.6) is 0 Å². The summed E-state index contributed by atoms with van der Waals surface area (Å²) >= 11 is 0. The lowest BCUT2D eigenvalue weighted by Gasteiger charge is -2.25. The molecule has 0 saturated carbocycles. The highest BCUT2D eigenvalue weighted by Gasteiger charge is 2.37. The fourth-order valence-electron chi connectivity index (χ4n) is 6.79. The van der Waals surface area contributed by atoms with Crippen LogP contribution in [0.4, 0.5) is 0 Å². The molecule has 10 nitrogen and oxygen atoms in total. The molecule has 8 rings (SSSR count). The van der Waals surface area contributed by atoms with E-state index in [-0.39, 0.29) is 30.0 Å². The Bertz CT molecular complexity index is 1920. The molecule has 0 unspecified atom stereocenters. The lowest BCUT2D eigenvalue weighted by Crippen LogP contribution is -2.38. The number of amides is 2. The predicted molar refractivity (Wildman–Crippen MR) is 163 cm³/mol. The number of aromatic amines is 2. The number of nitrogens with zero attached hydrogens (tertiary/aromatic N) is 4. The maximum Gasteiger partial charge on any atom is 0.257 e. The van der Waals surface area contributed by atoms with E-state index in [1.54, 1.807) is 6.07 Å². The summed E-state index contributed by atoms with van der Waals surface area (Å²) in [6, 6.07) is 13.4. The quantitative estimate of drug-likeness (QED) is 0.277. The van der Waals surface area contributed by atoms with Gasteiger partial charge in [0.2, 0.25) is 0 Å². The highest BCUT2D eigenvalue weighted by Crippen LogP contribution is 2.34. The SMILES string of the molecule is O=C(c1ccoc1)N1CCC[C@H]1c1nc2ccc(C#Cc3ccc4nc([C@@H]5CCCN5C(=O)[C@H]5CCCO5)[nH]c4c3)cc2[nH]1. The van der Waals surface area contributed by atoms with Gasteiger partial charge in [0.15, 0.2) is 0 Å². The van der Waals surface area contributed by atoms with Crippen LogP contribution in [0.25, 0.3) is 22.1 Å². The zero-order valence-corrected chi connectivity index (χ0v) is 24.2. The van der Waals surface area contributed by atoms with Crippen LogP contribution in [0.1, 0.15) is 83.7 Å². The van der Waals surface area contributed by atoms with Crippen molar-refractivity contribution in [2.75, 3.05) is 19.7 Å². The zero-order valence-electron chi connectivity index (χ0n) is 24.2. The Morgan fingerprint density at radius 2 is 1.43 bits per heavy atom. The number of hydrogen-bond donors (Lipinski definition) is 2. The van der Waals surface area contributed by atoms with Crippen LogP contribution in [0, 0.1) is 11.8 Å². The summed E-state index contributed by atoms with van der Waals surface area (Å²) in [5.74, 6) is 8.23. The number of benzene rings is 2. The average molecular weight is 589 g/mol. The number of carbonyl (C=O) groups excluding carboxylic acids is 2. The van der Waals surface area contributed by atoms with Crippen LogP contribution >= 0.6 is 0 Å². The van der Waals surface area contributed by atoms with Gasteiger partial charge < -0.3 is 28.9 Å². The number of imidazole rings is 2. The Labute approximate surface area is 253 Å². The number of likely N-dealkylation sites (tertiary alicyclic amines) is 2. The van der Waals surface area contributed by atoms with Gasteiger partial charge in [-0.15, -0.1) is 0 Å². The summed E-state index contributed by atoms with van der Waals surface area (Å²) in [6.07, 6.45) is 8.07. The van der Waals surface area contributed by atoms with Crippen molar-refractivity contribution in [1.82, 2.24) is 29.7 Å². The van der Waals surface area contributed by atoms with Crippen LogP contribution in [0.3, 0.4) is 0 Å². The van der Waals surface area contributed by atoms with E-state index in [1.165, 1.54) is 12.5 Å². The summed E-state index contributed by atoms with van der Waals surface area (Å²) in [6.45, 7) is 2.09. The van der Waals surface area contributed by atoms with E-state index >= 15 is 0 Å². The number of rotatable bonds is 4. The topological polar surface area (TPSA) is 120 Å². The van der Waals surface area contributed by atoms with Gasteiger partial charge in [0.05, 0.1) is 46.0 Å². The summed E-state index contributed by atoms with van der Waals surface area (Å²) in [7, 11) is 0. The minimum absolute atomic E-state index is 0.0395. The number of H-pyrrole nitrogens is 2. The molecule has 3 atom stereocenters. The van der Waals surface area contributed by atoms with Crippen molar-refractivity contribution in [3.05, 3.63) is 83.3 Å². The highest BCUT2D eigenvalue weighted by molar-refractivity contribution is 5.94. The monoisotopic (exact) mass is 588 g/mol. The first-order chi connectivity index (χ1) is 21.6. The van der Waals surface area contributed by atoms with E-state index in [0.717, 1.165) is 89.9 Å². The number of aromatic nitrogens is 4. The first-order valence-electron chi connectivity index (χ1n) is 15.4. The Balaban J connectivity index is 1.00. The normalized spacial score (nSPS) is 21.8. The number of fused-ring (bicyclic) bond motifs is 2. The van der Waals surface area contributed by atoms with Gasteiger partial charge in [-0.25, -0.2) is 9.97 Å². The summed E-state index contributed by atoms with van der Waals surface area (Å²) in [4.78, 5) is 46.4. The summed E-state index contributed by atoms with van der Waals surface area (Å²) < 4.78 is 10.8. The highest BCUT2D eigenvalue weighted by atomic mass is 16.5. The molecular formula is C34H32N6O4. The molecule has 6 heterocycles. The van der Waals surface area contributed by atoms with E-state index in [1.807, 2.05) is 46.2 Å². The van der Waals surface area contributed by atoms with Crippen molar-refractivity contribution in [3.63, 3.8) is 0 Å². The van der Waals surface area contributed by atoms with Crippen LogP contribution in [0.2, 0.25) is 0 Å². The molecule has 3 aliphatic rings. The largest absolute Gasteiger partial charge is 0.472 e. The van der Waals surface area contributed by atoms with Gasteiger partial charge >= 0.3 is 0 Å². The molecule has 3 saturated heterocycles. The van der Waals surface area contributed by atoms with E-state index in [0.29, 0.717) is 18.7 Å². The van der Waals surface area contributed by atoms with Crippen molar-refractivity contribution < 1.29 is 18.7 Å². The van der Waals surface area contributed by atoms with E-state index in [2.05, 4.69) is 21.8 Å². The van der Waals surface area contributed by atoms with Crippen molar-refractivity contribution in [3.8, 4) is 11.8 Å². The van der Waals surface area contributed by atoms with Crippen molar-refractivity contribution in [1.29, 1.82) is 0 Å². The molecule has 2 amide bonds. The predicted octanol–water partition coefficient (Wildman–Crippen LogP) is 5.25. The number of hydrogen-bond acceptors (Lipinski definition) is 6. The van der Waals surface area contributed by atoms with Crippen LogP contribution in [0.15, 0.2) is 59.4 Å². The molecule has 3 fully saturated rings. The molecule has 222 valence electrons. The van der Waals surface area contributed by atoms with Gasteiger partial charge in [0.1, 0.15) is 24.0 Å². The third-order valence-electron chi connectivity index (χ3n) is 9.01. The smallest absolute Gasteiger partial charge is 0.257 e. The molecule has 2 N–H and O–H groups in total. The van der Waals surface area contributed by atoms with E-state index in [9.17, 15) is 9.59 Å². The number of nitrogens with one attached hydrogen (secondary N) is 2. The fourth-order valence-corrected chi connectivity index (χ4v) is 6.79. The van der Waals surface area contributed by atoms with Gasteiger partial charge in [-0.3, -0.25) is 9.59 Å². The third-order valence-corrected chi connectivity index (χ3v) is 9.01. The Morgan fingerprint density at radius 1 is 0.795 bits per heavy atom. The number of carbonyl (C=O) groups is 2. The maximum atomic E-state index is 13.1. The lowest BCUT2D eigenvalue weighted by atomic mass is 10.1. The molecule has 0 spiro atoms. The fraction of sp³-hybridized carbons (Fsp3) is 0.353. The van der Waals surface area contributed by atoms with Crippen LogP contribution in [-0.4, -0.2) is 67.4 Å². The molecule has 3 aliphatic heterocycles. The molecule has 0 radical (unpaired) electrons. The summed E-state index contributed by atoms with van der Waals surface area (Å²) in [5, 5.41) is 0. The molecule has 10 heteroatoms. The van der Waals surface area contributed by atoms with Crippen molar-refractivity contribution in [2.45, 2.75) is 56.7 Å². The second-order valence-corrected chi connectivity index (χ2v) is 11.8. The second kappa shape index (κ2) is 11.0. The Kier molecular flexibility index (Phi) is 6.68. The standard InChI is InChI=1S/C34H32N6O4/c41-33(23-13-17-43-20-23)39-14-1-4-28(39)31-35-24-11-9-21(18-26(24)37-31)7-8-22-10-12-25-27(19-22)38-32(36-25)29-5-2-15-40(29)34(42)30-6-3-16-44-30/h9-13,17-20,28-30H,1-6,14-16H2,(H,35,37)(H,36,38)/t28-,29-,30+/m0/s1. The van der Waals surface area contributed by atoms with Gasteiger partial charge in [-0.05, 0) is 81.0 Å². The molecular weight excluding hydrogens is 556 g/mol. The van der Waals surface area contributed by atoms with E-state index in [4.69, 9.17) is 19.1 Å². The van der Waals surface area contributed by atoms with Crippen LogP contribution in [-0.2, 0) is 9.53 Å². The number of ether oxygens (including phenoxy) is 1. The molecule has 3 aromatic heterocycles. The van der Waals surface area contributed by atoms with Gasteiger partial charge in [0.25, 0.3) is 11.8 Å². The van der Waals surface area contributed by atoms with Crippen molar-refractivity contribution >= 4 is 33.9 Å². The van der Waals surface area contributed by atoms with E-state index < -0.39 is 0 Å². The molecule has 5 aromatic rings. The minimum atomic E-state index is -0.316. The van der Waals surface area contributed by atoms with Crippen LogP contribution < -0.4 is 0 Å². The Morgan fingerprint density at radius 3 is 2.02 bits per heavy atom. The number of furan rings is 1. The first-order valence-corrected chi connectivity index (χ1v) is 15.4. The lowest BCUT2D eigenvalue weighted by molar-refractivity contribution is -0.142. The van der Waals surface area contributed by atoms with Crippen molar-refractivity contribution in [2.24, 2.45) is 0 Å². The Hall–Kier alpha value is -4.88. The second-order valence-electron chi connectivity index (χ2n) is 11.8. The minimum Gasteiger partial charge on any atom is -0.472 e. The zero-order chi connectivity index (χ0) is 29.6. The molecule has 0 bridgehead atoms. The average Bonchev–Trinajstić information content (AvgIpc) is 3.89. The van der Waals surface area contributed by atoms with Gasteiger partial charge in [-0.1, -0.05) is 11.8 Å². The molecule has 2 aromatic carbocycles. The maximum absolute atomic E-state index is 13.1. The first kappa shape index (κ1) is 26.7. The third kappa shape index (κ3) is 4.83. The molecule has 44 heavy (non-hydrogen) atoms.